The Morgan fingerprint density at radius 2 is 1.96 bits per heavy atom. The molecule has 0 aliphatic rings. The fraction of sp³-hybridized carbons (Fsp3) is 0.0556. The van der Waals surface area contributed by atoms with Gasteiger partial charge in [-0.25, -0.2) is 9.59 Å². The minimum absolute atomic E-state index is 0.0817. The highest BCUT2D eigenvalue weighted by Gasteiger charge is 2.14. The smallest absolute Gasteiger partial charge is 0.341 e. The third-order valence-corrected chi connectivity index (χ3v) is 3.52. The van der Waals surface area contributed by atoms with Crippen LogP contribution in [0, 0.1) is 0 Å². The number of benzene rings is 1. The number of carbonyl (C=O) groups is 1. The van der Waals surface area contributed by atoms with Gasteiger partial charge >= 0.3 is 11.6 Å². The molecule has 0 bridgehead atoms. The number of aromatic nitrogens is 1. The van der Waals surface area contributed by atoms with Crippen molar-refractivity contribution in [2.75, 3.05) is 0 Å². The summed E-state index contributed by atoms with van der Waals surface area (Å²) in [6.07, 6.45) is 1.05. The van der Waals surface area contributed by atoms with Crippen LogP contribution in [0.25, 0.3) is 22.5 Å². The first-order valence-corrected chi connectivity index (χ1v) is 7.39. The van der Waals surface area contributed by atoms with Gasteiger partial charge in [-0.2, -0.15) is 0 Å². The zero-order valence-electron chi connectivity index (χ0n) is 12.8. The minimum atomic E-state index is -0.628. The molecule has 3 heterocycles. The van der Waals surface area contributed by atoms with Gasteiger partial charge < -0.3 is 18.1 Å². The van der Waals surface area contributed by atoms with E-state index in [1.54, 1.807) is 6.07 Å². The third-order valence-electron chi connectivity index (χ3n) is 3.52. The summed E-state index contributed by atoms with van der Waals surface area (Å²) in [5, 5.41) is 4.81. The Kier molecular flexibility index (Phi) is 3.66. The van der Waals surface area contributed by atoms with Gasteiger partial charge in [-0.1, -0.05) is 23.4 Å². The Bertz CT molecular complexity index is 1050. The summed E-state index contributed by atoms with van der Waals surface area (Å²) in [4.78, 5) is 22.7. The second-order valence-corrected chi connectivity index (χ2v) is 5.25. The van der Waals surface area contributed by atoms with Gasteiger partial charge in [0, 0.05) is 17.5 Å². The Hall–Kier alpha value is -3.61. The van der Waals surface area contributed by atoms with Gasteiger partial charge in [0.15, 0.2) is 5.76 Å². The highest BCUT2D eigenvalue weighted by Crippen LogP contribution is 2.28. The molecule has 124 valence electrons. The van der Waals surface area contributed by atoms with E-state index in [2.05, 4.69) is 9.57 Å². The molecule has 4 rings (SSSR count). The molecule has 0 amide bonds. The molecule has 0 saturated carbocycles. The van der Waals surface area contributed by atoms with Crippen molar-refractivity contribution in [1.82, 2.24) is 5.16 Å². The van der Waals surface area contributed by atoms with Crippen LogP contribution in [0.3, 0.4) is 0 Å². The number of rotatable bonds is 4. The van der Waals surface area contributed by atoms with Crippen LogP contribution >= 0.6 is 0 Å². The van der Waals surface area contributed by atoms with Gasteiger partial charge in [-0.15, -0.1) is 0 Å². The molecule has 0 aliphatic carbocycles. The summed E-state index contributed by atoms with van der Waals surface area (Å²) in [6.45, 7) is -0.0817. The van der Waals surface area contributed by atoms with Crippen LogP contribution in [0.1, 0.15) is 16.1 Å². The SMILES string of the molecule is O=C(OCc1cc(-c2cc3ccccc3o2)on1)c1ccc(=O)oc1. The molecule has 0 spiro atoms. The van der Waals surface area contributed by atoms with Crippen molar-refractivity contribution in [3.63, 3.8) is 0 Å². The van der Waals surface area contributed by atoms with E-state index in [1.807, 2.05) is 30.3 Å². The van der Waals surface area contributed by atoms with Crippen molar-refractivity contribution in [3.05, 3.63) is 76.5 Å². The normalized spacial score (nSPS) is 10.9. The lowest BCUT2D eigenvalue weighted by Crippen LogP contribution is -2.07. The standard InChI is InChI=1S/C18H11NO6/c20-17-6-5-12(9-22-17)18(21)23-10-13-8-16(25-19-13)15-7-11-3-1-2-4-14(11)24-15/h1-9H,10H2. The Morgan fingerprint density at radius 1 is 1.08 bits per heavy atom. The molecule has 0 radical (unpaired) electrons. The number of esters is 1. The van der Waals surface area contributed by atoms with Crippen LogP contribution in [0.15, 0.2) is 72.9 Å². The molecular weight excluding hydrogens is 326 g/mol. The maximum atomic E-state index is 11.9. The third kappa shape index (κ3) is 3.07. The van der Waals surface area contributed by atoms with Gasteiger partial charge in [0.1, 0.15) is 24.1 Å². The monoisotopic (exact) mass is 337 g/mol. The number of hydrogen-bond acceptors (Lipinski definition) is 7. The largest absolute Gasteiger partial charge is 0.455 e. The fourth-order valence-corrected chi connectivity index (χ4v) is 2.30. The number of ether oxygens (including phenoxy) is 1. The highest BCUT2D eigenvalue weighted by atomic mass is 16.5. The molecule has 7 nitrogen and oxygen atoms in total. The quantitative estimate of drug-likeness (QED) is 0.527. The molecule has 0 unspecified atom stereocenters. The molecule has 0 aliphatic heterocycles. The lowest BCUT2D eigenvalue weighted by Gasteiger charge is -2.00. The second-order valence-electron chi connectivity index (χ2n) is 5.25. The number of hydrogen-bond donors (Lipinski definition) is 0. The number of furan rings is 1. The minimum Gasteiger partial charge on any atom is -0.455 e. The molecular formula is C18H11NO6. The van der Waals surface area contributed by atoms with Crippen molar-refractivity contribution in [2.45, 2.75) is 6.61 Å². The molecule has 4 aromatic rings. The van der Waals surface area contributed by atoms with Crippen LogP contribution in [-0.4, -0.2) is 11.1 Å². The molecule has 1 aromatic carbocycles. The van der Waals surface area contributed by atoms with Crippen LogP contribution in [0.4, 0.5) is 0 Å². The number of para-hydroxylation sites is 1. The van der Waals surface area contributed by atoms with Crippen molar-refractivity contribution in [3.8, 4) is 11.5 Å². The topological polar surface area (TPSA) is 95.7 Å². The summed E-state index contributed by atoms with van der Waals surface area (Å²) >= 11 is 0. The number of fused-ring (bicyclic) bond motifs is 1. The Morgan fingerprint density at radius 3 is 2.76 bits per heavy atom. The summed E-state index contributed by atoms with van der Waals surface area (Å²) < 4.78 is 20.7. The second kappa shape index (κ2) is 6.12. The highest BCUT2D eigenvalue weighted by molar-refractivity contribution is 5.88. The van der Waals surface area contributed by atoms with E-state index >= 15 is 0 Å². The van der Waals surface area contributed by atoms with Gasteiger partial charge in [0.05, 0.1) is 5.56 Å². The van der Waals surface area contributed by atoms with Crippen molar-refractivity contribution in [1.29, 1.82) is 0 Å². The van der Waals surface area contributed by atoms with Gasteiger partial charge in [0.2, 0.25) is 5.76 Å². The van der Waals surface area contributed by atoms with E-state index < -0.39 is 11.6 Å². The van der Waals surface area contributed by atoms with Crippen molar-refractivity contribution < 1.29 is 22.9 Å². The maximum absolute atomic E-state index is 11.9. The average Bonchev–Trinajstić information content (AvgIpc) is 3.26. The number of nitrogens with zero attached hydrogens (tertiary/aromatic N) is 1. The van der Waals surface area contributed by atoms with E-state index in [1.165, 1.54) is 6.07 Å². The summed E-state index contributed by atoms with van der Waals surface area (Å²) in [5.41, 5.74) is 0.776. The lowest BCUT2D eigenvalue weighted by atomic mass is 10.2. The summed E-state index contributed by atoms with van der Waals surface area (Å²) in [7, 11) is 0. The molecule has 0 saturated heterocycles. The maximum Gasteiger partial charge on any atom is 0.341 e. The molecule has 7 heteroatoms. The lowest BCUT2D eigenvalue weighted by molar-refractivity contribution is 0.0461. The fourth-order valence-electron chi connectivity index (χ4n) is 2.30. The summed E-state index contributed by atoms with van der Waals surface area (Å²) in [6, 6.07) is 13.5. The predicted molar refractivity (Wildman–Crippen MR) is 85.8 cm³/mol. The van der Waals surface area contributed by atoms with E-state index in [9.17, 15) is 9.59 Å². The number of carbonyl (C=O) groups excluding carboxylic acids is 1. The first-order chi connectivity index (χ1) is 12.2. The molecule has 0 N–H and O–H groups in total. The Labute approximate surface area is 140 Å². The molecule has 25 heavy (non-hydrogen) atoms. The first kappa shape index (κ1) is 14.9. The van der Waals surface area contributed by atoms with Gasteiger partial charge in [-0.05, 0) is 18.2 Å². The van der Waals surface area contributed by atoms with Gasteiger partial charge in [0.25, 0.3) is 0 Å². The predicted octanol–water partition coefficient (Wildman–Crippen LogP) is 3.40. The van der Waals surface area contributed by atoms with E-state index in [0.29, 0.717) is 17.2 Å². The summed E-state index contributed by atoms with van der Waals surface area (Å²) in [5.74, 6) is 0.348. The zero-order chi connectivity index (χ0) is 17.2. The van der Waals surface area contributed by atoms with Crippen LogP contribution in [-0.2, 0) is 11.3 Å². The molecule has 0 fully saturated rings. The van der Waals surface area contributed by atoms with Crippen LogP contribution in [0.5, 0.6) is 0 Å². The van der Waals surface area contributed by atoms with E-state index in [4.69, 9.17) is 13.7 Å². The van der Waals surface area contributed by atoms with Crippen LogP contribution in [0.2, 0.25) is 0 Å². The first-order valence-electron chi connectivity index (χ1n) is 7.39. The molecule has 3 aromatic heterocycles. The van der Waals surface area contributed by atoms with Crippen molar-refractivity contribution in [2.24, 2.45) is 0 Å². The Balaban J connectivity index is 1.47. The van der Waals surface area contributed by atoms with Crippen LogP contribution < -0.4 is 5.63 Å². The van der Waals surface area contributed by atoms with Crippen molar-refractivity contribution >= 4 is 16.9 Å². The molecule has 0 atom stereocenters. The zero-order valence-corrected chi connectivity index (χ0v) is 12.8. The van der Waals surface area contributed by atoms with E-state index in [0.717, 1.165) is 23.3 Å². The van der Waals surface area contributed by atoms with E-state index in [-0.39, 0.29) is 12.2 Å². The average molecular weight is 337 g/mol. The van der Waals surface area contributed by atoms with Gasteiger partial charge in [-0.3, -0.25) is 0 Å².